The van der Waals surface area contributed by atoms with Crippen LogP contribution in [-0.2, 0) is 33.8 Å². The van der Waals surface area contributed by atoms with Gasteiger partial charge >= 0.3 is 12.1 Å². The lowest BCUT2D eigenvalue weighted by Crippen LogP contribution is -2.19. The van der Waals surface area contributed by atoms with Crippen LogP contribution >= 0.6 is 11.6 Å². The standard InChI is InChI=1S/C22H28ClN3O.C3H6O2.CO2/c23-21-9-6-16-10-12-24-13-11-20(16)22(21)26-14-17-7-8-19(15-25-17)27-18-4-2-1-3-5-18;1-2-3(4)5;2-1-3/h6-9,15,18,24,26H,1-5,10-14H2;2H2,1H3,(H,4,5);. The predicted molar refractivity (Wildman–Crippen MR) is 134 cm³/mol. The van der Waals surface area contributed by atoms with Crippen molar-refractivity contribution in [2.45, 2.75) is 70.9 Å². The highest BCUT2D eigenvalue weighted by atomic mass is 35.5. The number of halogens is 1. The summed E-state index contributed by atoms with van der Waals surface area (Å²) < 4.78 is 6.07. The molecule has 0 unspecified atom stereocenters. The molecule has 8 nitrogen and oxygen atoms in total. The summed E-state index contributed by atoms with van der Waals surface area (Å²) in [6.07, 6.45) is 10.9. The van der Waals surface area contributed by atoms with Crippen LogP contribution in [0.15, 0.2) is 30.5 Å². The van der Waals surface area contributed by atoms with Crippen LogP contribution in [0.5, 0.6) is 5.75 Å². The maximum absolute atomic E-state index is 9.37. The zero-order valence-electron chi connectivity index (χ0n) is 20.1. The summed E-state index contributed by atoms with van der Waals surface area (Å²) in [6.45, 7) is 4.28. The number of benzene rings is 1. The fraction of sp³-hybridized carbons (Fsp3) is 0.500. The molecule has 1 saturated carbocycles. The number of carbonyl (C=O) groups excluding carboxylic acids is 2. The van der Waals surface area contributed by atoms with E-state index in [-0.39, 0.29) is 12.6 Å². The van der Waals surface area contributed by atoms with E-state index in [1.165, 1.54) is 30.4 Å². The van der Waals surface area contributed by atoms with Crippen molar-refractivity contribution in [3.8, 4) is 5.75 Å². The number of aromatic nitrogens is 1. The van der Waals surface area contributed by atoms with Crippen LogP contribution < -0.4 is 15.4 Å². The number of carboxylic acids is 1. The minimum Gasteiger partial charge on any atom is -0.489 e. The third-order valence-corrected chi connectivity index (χ3v) is 6.20. The van der Waals surface area contributed by atoms with E-state index in [1.54, 1.807) is 6.92 Å². The van der Waals surface area contributed by atoms with Crippen molar-refractivity contribution in [2.24, 2.45) is 0 Å². The summed E-state index contributed by atoms with van der Waals surface area (Å²) in [5.41, 5.74) is 4.77. The number of ether oxygens (including phenoxy) is 1. The van der Waals surface area contributed by atoms with Gasteiger partial charge in [0.1, 0.15) is 5.75 Å². The molecule has 0 spiro atoms. The number of pyridine rings is 1. The Balaban J connectivity index is 0.000000473. The zero-order chi connectivity index (χ0) is 25.5. The van der Waals surface area contributed by atoms with Crippen LogP contribution in [0.25, 0.3) is 0 Å². The van der Waals surface area contributed by atoms with Gasteiger partial charge in [-0.25, -0.2) is 0 Å². The molecule has 1 aliphatic heterocycles. The van der Waals surface area contributed by atoms with Gasteiger partial charge in [0.25, 0.3) is 0 Å². The highest BCUT2D eigenvalue weighted by Gasteiger charge is 2.16. The Morgan fingerprint density at radius 2 is 1.86 bits per heavy atom. The predicted octanol–water partition coefficient (Wildman–Crippen LogP) is 4.64. The molecule has 3 N–H and O–H groups in total. The van der Waals surface area contributed by atoms with Gasteiger partial charge in [-0.3, -0.25) is 9.78 Å². The number of aliphatic carboxylic acids is 1. The number of hydrogen-bond acceptors (Lipinski definition) is 7. The molecular weight excluding hydrogens is 470 g/mol. The number of rotatable bonds is 6. The Labute approximate surface area is 211 Å². The van der Waals surface area contributed by atoms with E-state index in [0.717, 1.165) is 60.9 Å². The van der Waals surface area contributed by atoms with Crippen molar-refractivity contribution in [1.29, 1.82) is 0 Å². The molecule has 2 aromatic rings. The third kappa shape index (κ3) is 10.1. The lowest BCUT2D eigenvalue weighted by Gasteiger charge is -2.22. The molecule has 2 aliphatic rings. The van der Waals surface area contributed by atoms with Gasteiger partial charge in [-0.1, -0.05) is 31.0 Å². The number of fused-ring (bicyclic) bond motifs is 1. The zero-order valence-corrected chi connectivity index (χ0v) is 20.9. The second-order valence-electron chi connectivity index (χ2n) is 8.36. The quantitative estimate of drug-likeness (QED) is 0.521. The molecule has 9 heteroatoms. The highest BCUT2D eigenvalue weighted by Crippen LogP contribution is 2.31. The molecule has 0 amide bonds. The van der Waals surface area contributed by atoms with Crippen molar-refractivity contribution < 1.29 is 24.2 Å². The number of anilines is 1. The first-order chi connectivity index (χ1) is 17.0. The fourth-order valence-corrected chi connectivity index (χ4v) is 4.32. The fourth-order valence-electron chi connectivity index (χ4n) is 4.07. The molecule has 190 valence electrons. The van der Waals surface area contributed by atoms with Crippen LogP contribution in [0, 0.1) is 0 Å². The van der Waals surface area contributed by atoms with E-state index in [4.69, 9.17) is 31.0 Å². The Bertz CT molecular complexity index is 956. The van der Waals surface area contributed by atoms with E-state index in [9.17, 15) is 4.79 Å². The second kappa shape index (κ2) is 15.9. The first-order valence-electron chi connectivity index (χ1n) is 12.1. The molecule has 0 radical (unpaired) electrons. The minimum absolute atomic E-state index is 0.222. The molecule has 2 heterocycles. The monoisotopic (exact) mass is 503 g/mol. The maximum Gasteiger partial charge on any atom is 0.373 e. The van der Waals surface area contributed by atoms with Gasteiger partial charge < -0.3 is 20.5 Å². The van der Waals surface area contributed by atoms with Gasteiger partial charge in [0.15, 0.2) is 0 Å². The molecule has 0 atom stereocenters. The molecule has 4 rings (SSSR count). The SMILES string of the molecule is CCC(=O)O.Clc1ccc2c(c1NCc1ccc(OC3CCCCC3)cn1)CCNCC2.O=C=O. The molecule has 1 aliphatic carbocycles. The molecule has 0 saturated heterocycles. The van der Waals surface area contributed by atoms with Crippen molar-refractivity contribution in [3.05, 3.63) is 52.3 Å². The maximum atomic E-state index is 9.37. The summed E-state index contributed by atoms with van der Waals surface area (Å²) >= 11 is 6.49. The molecule has 1 aromatic carbocycles. The number of nitrogens with one attached hydrogen (secondary N) is 2. The number of hydrogen-bond donors (Lipinski definition) is 3. The van der Waals surface area contributed by atoms with Gasteiger partial charge in [-0.15, -0.1) is 0 Å². The normalized spacial score (nSPS) is 15.0. The Morgan fingerprint density at radius 1 is 1.17 bits per heavy atom. The number of nitrogens with zero attached hydrogens (tertiary/aromatic N) is 1. The van der Waals surface area contributed by atoms with Gasteiger partial charge in [0, 0.05) is 6.42 Å². The third-order valence-electron chi connectivity index (χ3n) is 5.88. The van der Waals surface area contributed by atoms with Gasteiger partial charge in [-0.05, 0) is 80.9 Å². The molecule has 1 fully saturated rings. The summed E-state index contributed by atoms with van der Waals surface area (Å²) in [5, 5.41) is 15.5. The summed E-state index contributed by atoms with van der Waals surface area (Å²) in [6, 6.07) is 8.24. The first kappa shape index (κ1) is 28.3. The van der Waals surface area contributed by atoms with Gasteiger partial charge in [0.2, 0.25) is 0 Å². The lowest BCUT2D eigenvalue weighted by atomic mass is 9.98. The number of carboxylic acid groups (broad SMARTS) is 1. The van der Waals surface area contributed by atoms with Crippen molar-refractivity contribution >= 4 is 29.4 Å². The largest absolute Gasteiger partial charge is 0.489 e. The van der Waals surface area contributed by atoms with Gasteiger partial charge in [-0.2, -0.15) is 9.59 Å². The lowest BCUT2D eigenvalue weighted by molar-refractivity contribution is -0.191. The van der Waals surface area contributed by atoms with Crippen molar-refractivity contribution in [2.75, 3.05) is 18.4 Å². The van der Waals surface area contributed by atoms with Gasteiger partial charge in [0.05, 0.1) is 35.2 Å². The van der Waals surface area contributed by atoms with E-state index < -0.39 is 5.97 Å². The molecule has 1 aromatic heterocycles. The van der Waals surface area contributed by atoms with Crippen LogP contribution in [0.4, 0.5) is 5.69 Å². The molecular formula is C26H34ClN3O5. The summed E-state index contributed by atoms with van der Waals surface area (Å²) in [5.74, 6) is 0.133. The summed E-state index contributed by atoms with van der Waals surface area (Å²) in [7, 11) is 0. The van der Waals surface area contributed by atoms with Crippen molar-refractivity contribution in [3.63, 3.8) is 0 Å². The van der Waals surface area contributed by atoms with Crippen LogP contribution in [-0.4, -0.2) is 41.4 Å². The molecule has 0 bridgehead atoms. The Kier molecular flexibility index (Phi) is 12.8. The first-order valence-corrected chi connectivity index (χ1v) is 12.4. The van der Waals surface area contributed by atoms with E-state index in [2.05, 4.69) is 21.7 Å². The van der Waals surface area contributed by atoms with Crippen LogP contribution in [0.2, 0.25) is 5.02 Å². The Morgan fingerprint density at radius 3 is 2.49 bits per heavy atom. The minimum atomic E-state index is -0.745. The molecule has 35 heavy (non-hydrogen) atoms. The topological polar surface area (TPSA) is 118 Å². The second-order valence-corrected chi connectivity index (χ2v) is 8.76. The van der Waals surface area contributed by atoms with E-state index in [0.29, 0.717) is 12.6 Å². The summed E-state index contributed by atoms with van der Waals surface area (Å²) in [4.78, 5) is 30.2. The van der Waals surface area contributed by atoms with E-state index >= 15 is 0 Å². The van der Waals surface area contributed by atoms with Crippen molar-refractivity contribution in [1.82, 2.24) is 10.3 Å². The smallest absolute Gasteiger partial charge is 0.373 e. The highest BCUT2D eigenvalue weighted by molar-refractivity contribution is 6.33. The van der Waals surface area contributed by atoms with E-state index in [1.807, 2.05) is 24.4 Å². The van der Waals surface area contributed by atoms with Crippen LogP contribution in [0.1, 0.15) is 62.3 Å². The average Bonchev–Trinajstić information content (AvgIpc) is 3.12. The average molecular weight is 504 g/mol. The Hall–Kier alpha value is -2.93. The van der Waals surface area contributed by atoms with Crippen LogP contribution in [0.3, 0.4) is 0 Å². The number of carbonyl (C=O) groups is 1.